The minimum absolute atomic E-state index is 0.00155. The highest BCUT2D eigenvalue weighted by molar-refractivity contribution is 5.52. The Kier molecular flexibility index (Phi) is 4.12. The molecule has 0 saturated heterocycles. The van der Waals surface area contributed by atoms with Crippen molar-refractivity contribution >= 4 is 5.65 Å². The van der Waals surface area contributed by atoms with Crippen molar-refractivity contribution in [2.75, 3.05) is 7.05 Å². The second kappa shape index (κ2) is 6.21. The summed E-state index contributed by atoms with van der Waals surface area (Å²) >= 11 is 0. The molecule has 0 bridgehead atoms. The van der Waals surface area contributed by atoms with Crippen molar-refractivity contribution < 1.29 is 5.11 Å². The van der Waals surface area contributed by atoms with Crippen LogP contribution in [0.3, 0.4) is 0 Å². The van der Waals surface area contributed by atoms with Crippen LogP contribution in [0.5, 0.6) is 5.75 Å². The predicted octanol–water partition coefficient (Wildman–Crippen LogP) is 1.25. The molecule has 3 aromatic rings. The van der Waals surface area contributed by atoms with Gasteiger partial charge in [0.15, 0.2) is 11.4 Å². The molecule has 3 rings (SSSR count). The van der Waals surface area contributed by atoms with Crippen molar-refractivity contribution in [2.45, 2.75) is 26.6 Å². The third-order valence-corrected chi connectivity index (χ3v) is 3.62. The van der Waals surface area contributed by atoms with E-state index in [1.807, 2.05) is 31.0 Å². The topological polar surface area (TPSA) is 75.7 Å². The molecule has 3 heterocycles. The zero-order valence-corrected chi connectivity index (χ0v) is 13.2. The minimum atomic E-state index is -0.201. The van der Waals surface area contributed by atoms with E-state index in [1.165, 1.54) is 16.5 Å². The Hall–Kier alpha value is -2.67. The van der Waals surface area contributed by atoms with E-state index in [4.69, 9.17) is 0 Å². The number of pyridine rings is 1. The monoisotopic (exact) mass is 313 g/mol. The first-order valence-corrected chi connectivity index (χ1v) is 7.47. The summed E-state index contributed by atoms with van der Waals surface area (Å²) in [4.78, 5) is 18.6. The lowest BCUT2D eigenvalue weighted by molar-refractivity contribution is 0.315. The smallest absolute Gasteiger partial charge is 0.258 e. The first kappa shape index (κ1) is 15.2. The molecule has 0 amide bonds. The summed E-state index contributed by atoms with van der Waals surface area (Å²) in [5.74, 6) is -0.00155. The molecule has 7 nitrogen and oxygen atoms in total. The van der Waals surface area contributed by atoms with Crippen molar-refractivity contribution in [1.82, 2.24) is 24.1 Å². The molecule has 0 aliphatic rings. The lowest BCUT2D eigenvalue weighted by atomic mass is 10.3. The van der Waals surface area contributed by atoms with Crippen molar-refractivity contribution in [3.63, 3.8) is 0 Å². The first-order chi connectivity index (χ1) is 11.1. The van der Waals surface area contributed by atoms with Crippen LogP contribution in [0.25, 0.3) is 5.65 Å². The Morgan fingerprint density at radius 3 is 2.91 bits per heavy atom. The van der Waals surface area contributed by atoms with Crippen LogP contribution in [0.2, 0.25) is 0 Å². The van der Waals surface area contributed by atoms with Gasteiger partial charge in [-0.1, -0.05) is 0 Å². The number of nitrogens with zero attached hydrogens (tertiary/aromatic N) is 5. The van der Waals surface area contributed by atoms with Gasteiger partial charge in [-0.25, -0.2) is 4.98 Å². The Balaban J connectivity index is 1.80. The number of hydrogen-bond donors (Lipinski definition) is 1. The third-order valence-electron chi connectivity index (χ3n) is 3.62. The standard InChI is InChI=1S/C16H19N5O2/c1-3-20-10-12(8-17-20)9-19(2)11-13-7-15(23)21-6-4-5-14(22)16(21)18-13/h4-8,10,22H,3,9,11H2,1-2H3. The molecule has 0 atom stereocenters. The van der Waals surface area contributed by atoms with Gasteiger partial charge in [-0.3, -0.25) is 18.8 Å². The van der Waals surface area contributed by atoms with E-state index in [0.717, 1.165) is 12.1 Å². The molecule has 3 aromatic heterocycles. The van der Waals surface area contributed by atoms with Crippen molar-refractivity contribution in [3.05, 3.63) is 58.4 Å². The largest absolute Gasteiger partial charge is 0.504 e. The lowest BCUT2D eigenvalue weighted by Gasteiger charge is -2.15. The number of aryl methyl sites for hydroxylation is 1. The maximum atomic E-state index is 12.1. The molecule has 0 aliphatic carbocycles. The van der Waals surface area contributed by atoms with E-state index in [2.05, 4.69) is 15.0 Å². The van der Waals surface area contributed by atoms with Gasteiger partial charge in [-0.15, -0.1) is 0 Å². The molecule has 0 aliphatic heterocycles. The van der Waals surface area contributed by atoms with Crippen LogP contribution in [0.4, 0.5) is 0 Å². The molecule has 0 unspecified atom stereocenters. The third kappa shape index (κ3) is 3.24. The van der Waals surface area contributed by atoms with Crippen molar-refractivity contribution in [2.24, 2.45) is 0 Å². The summed E-state index contributed by atoms with van der Waals surface area (Å²) in [6.07, 6.45) is 5.44. The summed E-state index contributed by atoms with van der Waals surface area (Å²) in [5.41, 5.74) is 1.81. The van der Waals surface area contributed by atoms with Crippen LogP contribution in [0.1, 0.15) is 18.2 Å². The molecule has 0 saturated carbocycles. The summed E-state index contributed by atoms with van der Waals surface area (Å²) in [6, 6.07) is 4.63. The fraction of sp³-hybridized carbons (Fsp3) is 0.312. The summed E-state index contributed by atoms with van der Waals surface area (Å²) < 4.78 is 3.21. The second-order valence-corrected chi connectivity index (χ2v) is 5.55. The number of aromatic nitrogens is 4. The zero-order valence-electron chi connectivity index (χ0n) is 13.2. The normalized spacial score (nSPS) is 11.4. The van der Waals surface area contributed by atoms with Gasteiger partial charge in [-0.2, -0.15) is 5.10 Å². The average molecular weight is 313 g/mol. The average Bonchev–Trinajstić information content (AvgIpc) is 2.96. The van der Waals surface area contributed by atoms with Crippen molar-refractivity contribution in [3.8, 4) is 5.75 Å². The van der Waals surface area contributed by atoms with Gasteiger partial charge in [0.25, 0.3) is 5.56 Å². The molecule has 0 fully saturated rings. The Bertz CT molecular complexity index is 884. The SMILES string of the molecule is CCn1cc(CN(C)Cc2cc(=O)n3cccc(O)c3n2)cn1. The minimum Gasteiger partial charge on any atom is -0.504 e. The Morgan fingerprint density at radius 2 is 2.17 bits per heavy atom. The van der Waals surface area contributed by atoms with E-state index in [-0.39, 0.29) is 17.0 Å². The number of hydrogen-bond acceptors (Lipinski definition) is 5. The highest BCUT2D eigenvalue weighted by Crippen LogP contribution is 2.14. The molecular weight excluding hydrogens is 294 g/mol. The van der Waals surface area contributed by atoms with Gasteiger partial charge in [0.2, 0.25) is 0 Å². The van der Waals surface area contributed by atoms with Crippen LogP contribution in [-0.2, 0) is 19.6 Å². The molecule has 0 radical (unpaired) electrons. The van der Waals surface area contributed by atoms with Gasteiger partial charge in [0, 0.05) is 43.7 Å². The molecule has 1 N–H and O–H groups in total. The van der Waals surface area contributed by atoms with E-state index < -0.39 is 0 Å². The summed E-state index contributed by atoms with van der Waals surface area (Å²) in [7, 11) is 1.96. The lowest BCUT2D eigenvalue weighted by Crippen LogP contribution is -2.21. The van der Waals surface area contributed by atoms with Crippen LogP contribution in [-0.4, -0.2) is 36.2 Å². The van der Waals surface area contributed by atoms with Gasteiger partial charge in [0.1, 0.15) is 0 Å². The van der Waals surface area contributed by atoms with Crippen LogP contribution in [0, 0.1) is 0 Å². The van der Waals surface area contributed by atoms with E-state index in [1.54, 1.807) is 12.3 Å². The van der Waals surface area contributed by atoms with Gasteiger partial charge < -0.3 is 5.11 Å². The van der Waals surface area contributed by atoms with Crippen molar-refractivity contribution in [1.29, 1.82) is 0 Å². The highest BCUT2D eigenvalue weighted by Gasteiger charge is 2.09. The zero-order chi connectivity index (χ0) is 16.4. The van der Waals surface area contributed by atoms with Gasteiger partial charge in [0.05, 0.1) is 11.9 Å². The summed E-state index contributed by atoms with van der Waals surface area (Å²) in [5, 5.41) is 14.1. The molecular formula is C16H19N5O2. The molecule has 23 heavy (non-hydrogen) atoms. The quantitative estimate of drug-likeness (QED) is 0.767. The second-order valence-electron chi connectivity index (χ2n) is 5.55. The molecule has 7 heteroatoms. The fourth-order valence-electron chi connectivity index (χ4n) is 2.54. The number of fused-ring (bicyclic) bond motifs is 1. The van der Waals surface area contributed by atoms with Crippen LogP contribution in [0.15, 0.2) is 41.6 Å². The highest BCUT2D eigenvalue weighted by atomic mass is 16.3. The van der Waals surface area contributed by atoms with Crippen LogP contribution < -0.4 is 5.56 Å². The van der Waals surface area contributed by atoms with Gasteiger partial charge >= 0.3 is 0 Å². The Labute approximate surface area is 133 Å². The molecule has 0 spiro atoms. The number of aromatic hydroxyl groups is 1. The van der Waals surface area contributed by atoms with Gasteiger partial charge in [-0.05, 0) is 26.1 Å². The summed E-state index contributed by atoms with van der Waals surface area (Å²) in [6.45, 7) is 4.10. The Morgan fingerprint density at radius 1 is 1.35 bits per heavy atom. The number of rotatable bonds is 5. The molecule has 0 aromatic carbocycles. The van der Waals surface area contributed by atoms with E-state index >= 15 is 0 Å². The maximum Gasteiger partial charge on any atom is 0.258 e. The first-order valence-electron chi connectivity index (χ1n) is 7.47. The van der Waals surface area contributed by atoms with E-state index in [9.17, 15) is 9.90 Å². The van der Waals surface area contributed by atoms with E-state index in [0.29, 0.717) is 18.8 Å². The fourth-order valence-corrected chi connectivity index (χ4v) is 2.54. The maximum absolute atomic E-state index is 12.1. The predicted molar refractivity (Wildman–Crippen MR) is 86.2 cm³/mol. The van der Waals surface area contributed by atoms with Crippen LogP contribution >= 0.6 is 0 Å². The molecule has 120 valence electrons.